The van der Waals surface area contributed by atoms with Crippen molar-refractivity contribution in [2.45, 2.75) is 45.6 Å². The summed E-state index contributed by atoms with van der Waals surface area (Å²) in [6, 6.07) is 0. The zero-order valence-corrected chi connectivity index (χ0v) is 11.7. The summed E-state index contributed by atoms with van der Waals surface area (Å²) in [6.45, 7) is 7.05. The SMILES string of the molecule is CCOC1CCCN(C(=O)C2(CN)CC(C)C2)C1. The van der Waals surface area contributed by atoms with E-state index in [9.17, 15) is 4.79 Å². The molecule has 1 aliphatic carbocycles. The highest BCUT2D eigenvalue weighted by atomic mass is 16.5. The predicted molar refractivity (Wildman–Crippen MR) is 71.1 cm³/mol. The van der Waals surface area contributed by atoms with Crippen LogP contribution in [0.4, 0.5) is 0 Å². The molecule has 2 aliphatic rings. The summed E-state index contributed by atoms with van der Waals surface area (Å²) >= 11 is 0. The molecule has 0 radical (unpaired) electrons. The van der Waals surface area contributed by atoms with E-state index in [1.807, 2.05) is 11.8 Å². The maximum Gasteiger partial charge on any atom is 0.230 e. The molecular formula is C14H26N2O2. The largest absolute Gasteiger partial charge is 0.377 e. The molecule has 2 N–H and O–H groups in total. The quantitative estimate of drug-likeness (QED) is 0.825. The van der Waals surface area contributed by atoms with E-state index in [2.05, 4.69) is 6.92 Å². The molecular weight excluding hydrogens is 228 g/mol. The fraction of sp³-hybridized carbons (Fsp3) is 0.929. The van der Waals surface area contributed by atoms with E-state index in [4.69, 9.17) is 10.5 Å². The van der Waals surface area contributed by atoms with Crippen molar-refractivity contribution in [3.63, 3.8) is 0 Å². The molecule has 2 rings (SSSR count). The zero-order chi connectivity index (χ0) is 13.2. The van der Waals surface area contributed by atoms with Crippen molar-refractivity contribution >= 4 is 5.91 Å². The van der Waals surface area contributed by atoms with Crippen molar-refractivity contribution in [1.82, 2.24) is 4.90 Å². The molecule has 2 fully saturated rings. The van der Waals surface area contributed by atoms with E-state index >= 15 is 0 Å². The Labute approximate surface area is 110 Å². The molecule has 0 spiro atoms. The van der Waals surface area contributed by atoms with Crippen LogP contribution in [-0.4, -0.2) is 43.2 Å². The second-order valence-electron chi connectivity index (χ2n) is 5.97. The minimum Gasteiger partial charge on any atom is -0.377 e. The molecule has 1 aliphatic heterocycles. The highest BCUT2D eigenvalue weighted by molar-refractivity contribution is 5.84. The first-order valence-corrected chi connectivity index (χ1v) is 7.22. The van der Waals surface area contributed by atoms with Gasteiger partial charge in [-0.25, -0.2) is 0 Å². The normalized spacial score (nSPS) is 36.3. The van der Waals surface area contributed by atoms with Crippen molar-refractivity contribution in [2.75, 3.05) is 26.2 Å². The lowest BCUT2D eigenvalue weighted by Crippen LogP contribution is -2.57. The van der Waals surface area contributed by atoms with Gasteiger partial charge in [-0.05, 0) is 38.5 Å². The van der Waals surface area contributed by atoms with Gasteiger partial charge in [0.05, 0.1) is 11.5 Å². The molecule has 1 saturated carbocycles. The number of piperidine rings is 1. The molecule has 0 bridgehead atoms. The number of ether oxygens (including phenoxy) is 1. The monoisotopic (exact) mass is 254 g/mol. The maximum atomic E-state index is 12.6. The van der Waals surface area contributed by atoms with Crippen LogP contribution in [0, 0.1) is 11.3 Å². The standard InChI is InChI=1S/C14H26N2O2/c1-3-18-12-5-4-6-16(9-12)13(17)14(10-15)7-11(2)8-14/h11-12H,3-10,15H2,1-2H3. The van der Waals surface area contributed by atoms with Crippen LogP contribution < -0.4 is 5.73 Å². The molecule has 4 nitrogen and oxygen atoms in total. The molecule has 1 unspecified atom stereocenters. The number of hydrogen-bond acceptors (Lipinski definition) is 3. The van der Waals surface area contributed by atoms with Crippen molar-refractivity contribution < 1.29 is 9.53 Å². The number of likely N-dealkylation sites (tertiary alicyclic amines) is 1. The Kier molecular flexibility index (Phi) is 4.28. The van der Waals surface area contributed by atoms with Gasteiger partial charge in [-0.1, -0.05) is 6.92 Å². The predicted octanol–water partition coefficient (Wildman–Crippen LogP) is 1.39. The smallest absolute Gasteiger partial charge is 0.230 e. The van der Waals surface area contributed by atoms with Gasteiger partial charge in [0.2, 0.25) is 5.91 Å². The van der Waals surface area contributed by atoms with Crippen molar-refractivity contribution in [3.05, 3.63) is 0 Å². The average Bonchev–Trinajstić information content (AvgIpc) is 2.35. The number of carbonyl (C=O) groups excluding carboxylic acids is 1. The van der Waals surface area contributed by atoms with Crippen LogP contribution in [0.15, 0.2) is 0 Å². The van der Waals surface area contributed by atoms with Gasteiger partial charge in [0.25, 0.3) is 0 Å². The van der Waals surface area contributed by atoms with Gasteiger partial charge in [0, 0.05) is 26.2 Å². The molecule has 104 valence electrons. The number of nitrogens with two attached hydrogens (primary N) is 1. The van der Waals surface area contributed by atoms with E-state index in [0.29, 0.717) is 12.5 Å². The topological polar surface area (TPSA) is 55.6 Å². The van der Waals surface area contributed by atoms with Crippen LogP contribution in [-0.2, 0) is 9.53 Å². The Balaban J connectivity index is 1.96. The summed E-state index contributed by atoms with van der Waals surface area (Å²) < 4.78 is 5.66. The Hall–Kier alpha value is -0.610. The Morgan fingerprint density at radius 3 is 2.78 bits per heavy atom. The first-order chi connectivity index (χ1) is 8.61. The van der Waals surface area contributed by atoms with E-state index in [0.717, 1.165) is 45.4 Å². The lowest BCUT2D eigenvalue weighted by Gasteiger charge is -2.48. The lowest BCUT2D eigenvalue weighted by molar-refractivity contribution is -0.153. The molecule has 1 saturated heterocycles. The lowest BCUT2D eigenvalue weighted by atomic mass is 9.61. The van der Waals surface area contributed by atoms with E-state index in [-0.39, 0.29) is 17.4 Å². The molecule has 1 amide bonds. The number of carbonyl (C=O) groups is 1. The van der Waals surface area contributed by atoms with Gasteiger partial charge in [-0.15, -0.1) is 0 Å². The minimum absolute atomic E-state index is 0.222. The van der Waals surface area contributed by atoms with Crippen LogP contribution in [0.25, 0.3) is 0 Å². The molecule has 0 aromatic heterocycles. The maximum absolute atomic E-state index is 12.6. The van der Waals surface area contributed by atoms with Crippen LogP contribution in [0.1, 0.15) is 39.5 Å². The number of hydrogen-bond donors (Lipinski definition) is 1. The summed E-state index contributed by atoms with van der Waals surface area (Å²) in [6.07, 6.45) is 4.26. The van der Waals surface area contributed by atoms with Gasteiger partial charge >= 0.3 is 0 Å². The van der Waals surface area contributed by atoms with Crippen LogP contribution >= 0.6 is 0 Å². The number of nitrogens with zero attached hydrogens (tertiary/aromatic N) is 1. The van der Waals surface area contributed by atoms with Crippen LogP contribution in [0.5, 0.6) is 0 Å². The second kappa shape index (κ2) is 5.57. The summed E-state index contributed by atoms with van der Waals surface area (Å²) in [5, 5.41) is 0. The third-order valence-corrected chi connectivity index (χ3v) is 4.39. The number of rotatable bonds is 4. The third kappa shape index (κ3) is 2.54. The van der Waals surface area contributed by atoms with Gasteiger partial charge in [-0.2, -0.15) is 0 Å². The summed E-state index contributed by atoms with van der Waals surface area (Å²) in [5.41, 5.74) is 5.60. The van der Waals surface area contributed by atoms with Crippen molar-refractivity contribution in [2.24, 2.45) is 17.1 Å². The van der Waals surface area contributed by atoms with Crippen molar-refractivity contribution in [3.8, 4) is 0 Å². The molecule has 1 atom stereocenters. The first-order valence-electron chi connectivity index (χ1n) is 7.22. The molecule has 0 aromatic carbocycles. The highest BCUT2D eigenvalue weighted by Gasteiger charge is 2.49. The Bertz CT molecular complexity index is 298. The molecule has 0 aromatic rings. The molecule has 1 heterocycles. The van der Waals surface area contributed by atoms with Crippen LogP contribution in [0.3, 0.4) is 0 Å². The molecule has 18 heavy (non-hydrogen) atoms. The minimum atomic E-state index is -0.256. The Morgan fingerprint density at radius 1 is 1.50 bits per heavy atom. The van der Waals surface area contributed by atoms with E-state index in [1.54, 1.807) is 0 Å². The summed E-state index contributed by atoms with van der Waals surface area (Å²) in [4.78, 5) is 14.6. The average molecular weight is 254 g/mol. The summed E-state index contributed by atoms with van der Waals surface area (Å²) in [7, 11) is 0. The zero-order valence-electron chi connectivity index (χ0n) is 11.7. The first kappa shape index (κ1) is 13.8. The van der Waals surface area contributed by atoms with E-state index in [1.165, 1.54) is 0 Å². The molecule has 4 heteroatoms. The fourth-order valence-electron chi connectivity index (χ4n) is 3.53. The summed E-state index contributed by atoms with van der Waals surface area (Å²) in [5.74, 6) is 0.914. The number of amides is 1. The second-order valence-corrected chi connectivity index (χ2v) is 5.97. The van der Waals surface area contributed by atoms with Gasteiger partial charge in [0.15, 0.2) is 0 Å². The highest BCUT2D eigenvalue weighted by Crippen LogP contribution is 2.46. The van der Waals surface area contributed by atoms with Crippen molar-refractivity contribution in [1.29, 1.82) is 0 Å². The van der Waals surface area contributed by atoms with Gasteiger partial charge in [0.1, 0.15) is 0 Å². The third-order valence-electron chi connectivity index (χ3n) is 4.39. The van der Waals surface area contributed by atoms with Gasteiger partial charge in [-0.3, -0.25) is 4.79 Å². The van der Waals surface area contributed by atoms with E-state index < -0.39 is 0 Å². The van der Waals surface area contributed by atoms with Gasteiger partial charge < -0.3 is 15.4 Å². The van der Waals surface area contributed by atoms with Crippen LogP contribution in [0.2, 0.25) is 0 Å². The fourth-order valence-corrected chi connectivity index (χ4v) is 3.53. The Morgan fingerprint density at radius 2 is 2.22 bits per heavy atom.